The van der Waals surface area contributed by atoms with E-state index in [0.717, 1.165) is 20.6 Å². The zero-order chi connectivity index (χ0) is 19.1. The van der Waals surface area contributed by atoms with Gasteiger partial charge in [-0.25, -0.2) is 0 Å². The summed E-state index contributed by atoms with van der Waals surface area (Å²) in [6.45, 7) is 2.31. The summed E-state index contributed by atoms with van der Waals surface area (Å²) < 4.78 is 6.09. The van der Waals surface area contributed by atoms with Crippen LogP contribution in [0.2, 0.25) is 0 Å². The molecule has 0 saturated carbocycles. The highest BCUT2D eigenvalue weighted by Gasteiger charge is 2.15. The van der Waals surface area contributed by atoms with Crippen LogP contribution >= 0.6 is 15.9 Å². The highest BCUT2D eigenvalue weighted by atomic mass is 79.9. The fourth-order valence-electron chi connectivity index (χ4n) is 2.48. The van der Waals surface area contributed by atoms with Gasteiger partial charge < -0.3 is 20.3 Å². The van der Waals surface area contributed by atoms with E-state index in [4.69, 9.17) is 4.74 Å². The molecule has 6 nitrogen and oxygen atoms in total. The van der Waals surface area contributed by atoms with Crippen molar-refractivity contribution in [2.24, 2.45) is 0 Å². The summed E-state index contributed by atoms with van der Waals surface area (Å²) in [5, 5.41) is 5.69. The first-order valence-electron chi connectivity index (χ1n) is 8.18. The van der Waals surface area contributed by atoms with Crippen LogP contribution in [0.15, 0.2) is 46.9 Å². The number of halogens is 1. The van der Waals surface area contributed by atoms with Gasteiger partial charge in [0.25, 0.3) is 11.8 Å². The van der Waals surface area contributed by atoms with Gasteiger partial charge in [0.15, 0.2) is 13.1 Å². The van der Waals surface area contributed by atoms with E-state index in [1.807, 2.05) is 31.2 Å². The monoisotopic (exact) mass is 420 g/mol. The van der Waals surface area contributed by atoms with E-state index in [9.17, 15) is 9.59 Å². The molecule has 7 heteroatoms. The molecule has 2 amide bonds. The van der Waals surface area contributed by atoms with Crippen molar-refractivity contribution in [3.05, 3.63) is 52.5 Å². The van der Waals surface area contributed by atoms with E-state index in [1.54, 1.807) is 32.4 Å². The molecule has 0 aliphatic rings. The van der Waals surface area contributed by atoms with Crippen molar-refractivity contribution < 1.29 is 19.2 Å². The average molecular weight is 421 g/mol. The van der Waals surface area contributed by atoms with Gasteiger partial charge in [0, 0.05) is 21.9 Å². The maximum Gasteiger partial charge on any atom is 0.279 e. The largest absolute Gasteiger partial charge is 0.497 e. The summed E-state index contributed by atoms with van der Waals surface area (Å²) in [6, 6.07) is 12.8. The Labute approximate surface area is 161 Å². The lowest BCUT2D eigenvalue weighted by atomic mass is 10.2. The predicted octanol–water partition coefficient (Wildman–Crippen LogP) is 1.86. The molecular weight excluding hydrogens is 398 g/mol. The molecule has 0 aliphatic carbocycles. The van der Waals surface area contributed by atoms with Crippen molar-refractivity contribution in [2.45, 2.75) is 6.92 Å². The highest BCUT2D eigenvalue weighted by molar-refractivity contribution is 9.10. The van der Waals surface area contributed by atoms with Gasteiger partial charge in [-0.05, 0) is 42.8 Å². The molecule has 0 fully saturated rings. The van der Waals surface area contributed by atoms with Gasteiger partial charge in [0.2, 0.25) is 0 Å². The van der Waals surface area contributed by atoms with Gasteiger partial charge in [-0.2, -0.15) is 0 Å². The fraction of sp³-hybridized carbons (Fsp3) is 0.263. The van der Waals surface area contributed by atoms with E-state index >= 15 is 0 Å². The first kappa shape index (κ1) is 19.9. The van der Waals surface area contributed by atoms with E-state index in [2.05, 4.69) is 26.6 Å². The second-order valence-electron chi connectivity index (χ2n) is 6.10. The third-order valence-corrected chi connectivity index (χ3v) is 4.23. The van der Waals surface area contributed by atoms with Crippen molar-refractivity contribution in [1.82, 2.24) is 0 Å². The standard InChI is InChI=1S/C19H22BrN3O3/c1-13-9-14(20)7-8-17(13)22-19(25)12-23(2)11-18(24)21-15-5-4-6-16(10-15)26-3/h4-10H,11-12H2,1-3H3,(H,21,24)(H,22,25)/p+1. The second-order valence-corrected chi connectivity index (χ2v) is 7.01. The lowest BCUT2D eigenvalue weighted by Crippen LogP contribution is -3.11. The third kappa shape index (κ3) is 6.16. The average Bonchev–Trinajstić information content (AvgIpc) is 2.57. The Morgan fingerprint density at radius 3 is 2.42 bits per heavy atom. The van der Waals surface area contributed by atoms with Gasteiger partial charge in [-0.1, -0.05) is 22.0 Å². The molecule has 0 spiro atoms. The molecular formula is C19H23BrN3O3+. The van der Waals surface area contributed by atoms with Crippen LogP contribution in [0, 0.1) is 6.92 Å². The van der Waals surface area contributed by atoms with E-state index in [0.29, 0.717) is 11.4 Å². The number of rotatable bonds is 7. The first-order valence-corrected chi connectivity index (χ1v) is 8.98. The van der Waals surface area contributed by atoms with Gasteiger partial charge in [-0.15, -0.1) is 0 Å². The number of benzene rings is 2. The number of carbonyl (C=O) groups is 2. The summed E-state index contributed by atoms with van der Waals surface area (Å²) in [5.74, 6) is 0.373. The normalized spacial score (nSPS) is 11.5. The van der Waals surface area contributed by atoms with Crippen LogP contribution in [0.1, 0.15) is 5.56 Å². The minimum Gasteiger partial charge on any atom is -0.497 e. The maximum absolute atomic E-state index is 12.2. The minimum absolute atomic E-state index is 0.137. The zero-order valence-electron chi connectivity index (χ0n) is 15.1. The quantitative estimate of drug-likeness (QED) is 0.639. The van der Waals surface area contributed by atoms with E-state index in [-0.39, 0.29) is 24.9 Å². The zero-order valence-corrected chi connectivity index (χ0v) is 16.6. The fourth-order valence-corrected chi connectivity index (χ4v) is 2.95. The van der Waals surface area contributed by atoms with Crippen molar-refractivity contribution in [3.8, 4) is 5.75 Å². The van der Waals surface area contributed by atoms with Crippen LogP contribution in [-0.2, 0) is 9.59 Å². The van der Waals surface area contributed by atoms with Gasteiger partial charge in [0.1, 0.15) is 5.75 Å². The molecule has 26 heavy (non-hydrogen) atoms. The van der Waals surface area contributed by atoms with Crippen LogP contribution < -0.4 is 20.3 Å². The number of ether oxygens (including phenoxy) is 1. The summed E-state index contributed by atoms with van der Waals surface area (Å²) in [4.78, 5) is 25.1. The number of hydrogen-bond acceptors (Lipinski definition) is 3. The van der Waals surface area contributed by atoms with Crippen LogP contribution in [0.4, 0.5) is 11.4 Å². The summed E-state index contributed by atoms with van der Waals surface area (Å²) in [6.07, 6.45) is 0. The molecule has 0 aromatic heterocycles. The molecule has 1 unspecified atom stereocenters. The number of nitrogens with one attached hydrogen (secondary N) is 3. The van der Waals surface area contributed by atoms with Crippen LogP contribution in [0.25, 0.3) is 0 Å². The van der Waals surface area contributed by atoms with Gasteiger partial charge in [-0.3, -0.25) is 9.59 Å². The Morgan fingerprint density at radius 1 is 1.08 bits per heavy atom. The summed E-state index contributed by atoms with van der Waals surface area (Å²) in [5.41, 5.74) is 2.41. The lowest BCUT2D eigenvalue weighted by Gasteiger charge is -2.15. The Morgan fingerprint density at radius 2 is 1.77 bits per heavy atom. The molecule has 2 aromatic carbocycles. The van der Waals surface area contributed by atoms with Crippen molar-refractivity contribution >= 4 is 39.1 Å². The number of amides is 2. The van der Waals surface area contributed by atoms with Crippen LogP contribution in [0.3, 0.4) is 0 Å². The molecule has 0 radical (unpaired) electrons. The molecule has 0 bridgehead atoms. The number of carbonyl (C=O) groups excluding carboxylic acids is 2. The molecule has 0 heterocycles. The molecule has 2 aromatic rings. The number of aryl methyl sites for hydroxylation is 1. The summed E-state index contributed by atoms with van der Waals surface area (Å²) in [7, 11) is 3.38. The first-order chi connectivity index (χ1) is 12.4. The number of methoxy groups -OCH3 is 1. The maximum atomic E-state index is 12.2. The third-order valence-electron chi connectivity index (χ3n) is 3.74. The van der Waals surface area contributed by atoms with Gasteiger partial charge in [0.05, 0.1) is 14.2 Å². The van der Waals surface area contributed by atoms with Gasteiger partial charge >= 0.3 is 0 Å². The second kappa shape index (κ2) is 9.35. The number of quaternary nitrogens is 1. The lowest BCUT2D eigenvalue weighted by molar-refractivity contribution is -0.862. The Hall–Kier alpha value is -2.38. The number of hydrogen-bond donors (Lipinski definition) is 3. The highest BCUT2D eigenvalue weighted by Crippen LogP contribution is 2.19. The molecule has 1 atom stereocenters. The predicted molar refractivity (Wildman–Crippen MR) is 106 cm³/mol. The molecule has 0 saturated heterocycles. The number of likely N-dealkylation sites (N-methyl/N-ethyl adjacent to an activating group) is 1. The Balaban J connectivity index is 1.84. The van der Waals surface area contributed by atoms with Crippen molar-refractivity contribution in [2.75, 3.05) is 37.9 Å². The van der Waals surface area contributed by atoms with Crippen molar-refractivity contribution in [3.63, 3.8) is 0 Å². The molecule has 138 valence electrons. The Kier molecular flexibility index (Phi) is 7.17. The smallest absolute Gasteiger partial charge is 0.279 e. The topological polar surface area (TPSA) is 71.9 Å². The van der Waals surface area contributed by atoms with Crippen LogP contribution in [-0.4, -0.2) is 39.1 Å². The SMILES string of the molecule is COc1cccc(NC(=O)C[NH+](C)CC(=O)Nc2ccc(Br)cc2C)c1. The Bertz CT molecular complexity index is 795. The van der Waals surface area contributed by atoms with E-state index < -0.39 is 0 Å². The van der Waals surface area contributed by atoms with Crippen LogP contribution in [0.5, 0.6) is 5.75 Å². The molecule has 0 aliphatic heterocycles. The molecule has 3 N–H and O–H groups in total. The molecule has 2 rings (SSSR count). The van der Waals surface area contributed by atoms with Crippen molar-refractivity contribution in [1.29, 1.82) is 0 Å². The summed E-state index contributed by atoms with van der Waals surface area (Å²) >= 11 is 3.40. The van der Waals surface area contributed by atoms with E-state index in [1.165, 1.54) is 0 Å². The minimum atomic E-state index is -0.164. The number of anilines is 2.